The third kappa shape index (κ3) is 2.80. The lowest BCUT2D eigenvalue weighted by Gasteiger charge is -1.99. The van der Waals surface area contributed by atoms with Crippen molar-refractivity contribution in [2.24, 2.45) is 0 Å². The van der Waals surface area contributed by atoms with E-state index in [9.17, 15) is 4.79 Å². The monoisotopic (exact) mass is 189 g/mol. The molecule has 1 heterocycles. The van der Waals surface area contributed by atoms with Crippen LogP contribution >= 0.6 is 0 Å². The molecule has 1 rings (SSSR count). The summed E-state index contributed by atoms with van der Waals surface area (Å²) in [7, 11) is 0. The van der Waals surface area contributed by atoms with Crippen LogP contribution in [0, 0.1) is 0 Å². The number of hydrogen-bond donors (Lipinski definition) is 0. The molecule has 2 heteroatoms. The van der Waals surface area contributed by atoms with Crippen molar-refractivity contribution in [1.29, 1.82) is 0 Å². The topological polar surface area (TPSA) is 30.0 Å². The van der Waals surface area contributed by atoms with Gasteiger partial charge in [0.1, 0.15) is 0 Å². The second kappa shape index (κ2) is 5.32. The fraction of sp³-hybridized carbons (Fsp3) is 0.333. The van der Waals surface area contributed by atoms with E-state index >= 15 is 0 Å². The van der Waals surface area contributed by atoms with Crippen LogP contribution in [0.5, 0.6) is 0 Å². The van der Waals surface area contributed by atoms with Crippen molar-refractivity contribution in [3.05, 3.63) is 41.7 Å². The highest BCUT2D eigenvalue weighted by Crippen LogP contribution is 2.08. The van der Waals surface area contributed by atoms with Crippen LogP contribution in [0.15, 0.2) is 36.2 Å². The van der Waals surface area contributed by atoms with E-state index < -0.39 is 0 Å². The average molecular weight is 189 g/mol. The van der Waals surface area contributed by atoms with E-state index in [0.717, 1.165) is 12.8 Å². The second-order valence-corrected chi connectivity index (χ2v) is 3.12. The molecule has 0 saturated carbocycles. The first-order valence-electron chi connectivity index (χ1n) is 4.91. The summed E-state index contributed by atoms with van der Waals surface area (Å²) in [5.74, 6) is 0.0526. The van der Waals surface area contributed by atoms with Crippen LogP contribution in [0.1, 0.15) is 37.0 Å². The maximum atomic E-state index is 11.7. The number of carbonyl (C=O) groups is 1. The standard InChI is InChI=1S/C12H15NO/c1-3-10(4-2)8-12(14)11-6-5-7-13-9-11/h5-9H,3-4H2,1-2H3. The molecule has 74 valence electrons. The predicted octanol–water partition coefficient (Wildman–Crippen LogP) is 3.01. The van der Waals surface area contributed by atoms with Gasteiger partial charge in [-0.2, -0.15) is 0 Å². The van der Waals surface area contributed by atoms with Gasteiger partial charge in [0, 0.05) is 18.0 Å². The lowest BCUT2D eigenvalue weighted by atomic mass is 10.1. The van der Waals surface area contributed by atoms with Crippen molar-refractivity contribution < 1.29 is 4.79 Å². The molecular weight excluding hydrogens is 174 g/mol. The summed E-state index contributed by atoms with van der Waals surface area (Å²) >= 11 is 0. The van der Waals surface area contributed by atoms with Crippen molar-refractivity contribution in [2.75, 3.05) is 0 Å². The molecule has 0 amide bonds. The summed E-state index contributed by atoms with van der Waals surface area (Å²) in [5, 5.41) is 0. The Morgan fingerprint density at radius 2 is 2.14 bits per heavy atom. The first-order valence-corrected chi connectivity index (χ1v) is 4.91. The van der Waals surface area contributed by atoms with Crippen molar-refractivity contribution in [1.82, 2.24) is 4.98 Å². The van der Waals surface area contributed by atoms with Gasteiger partial charge in [-0.1, -0.05) is 19.4 Å². The molecule has 0 aromatic carbocycles. The minimum absolute atomic E-state index is 0.0526. The van der Waals surface area contributed by atoms with Crippen molar-refractivity contribution in [3.8, 4) is 0 Å². The van der Waals surface area contributed by atoms with Crippen LogP contribution < -0.4 is 0 Å². The predicted molar refractivity (Wildman–Crippen MR) is 57.2 cm³/mol. The lowest BCUT2D eigenvalue weighted by Crippen LogP contribution is -1.96. The number of carbonyl (C=O) groups excluding carboxylic acids is 1. The van der Waals surface area contributed by atoms with Crippen LogP contribution in [0.2, 0.25) is 0 Å². The zero-order chi connectivity index (χ0) is 10.4. The normalized spacial score (nSPS) is 9.57. The minimum Gasteiger partial charge on any atom is -0.289 e. The van der Waals surface area contributed by atoms with Gasteiger partial charge in [-0.05, 0) is 31.1 Å². The summed E-state index contributed by atoms with van der Waals surface area (Å²) in [6.07, 6.45) is 6.85. The second-order valence-electron chi connectivity index (χ2n) is 3.12. The summed E-state index contributed by atoms with van der Waals surface area (Å²) in [5.41, 5.74) is 1.84. The Balaban J connectivity index is 2.82. The smallest absolute Gasteiger partial charge is 0.187 e. The molecule has 2 nitrogen and oxygen atoms in total. The molecule has 1 aromatic heterocycles. The van der Waals surface area contributed by atoms with Gasteiger partial charge in [-0.15, -0.1) is 0 Å². The Morgan fingerprint density at radius 1 is 1.43 bits per heavy atom. The highest BCUT2D eigenvalue weighted by atomic mass is 16.1. The van der Waals surface area contributed by atoms with E-state index in [-0.39, 0.29) is 5.78 Å². The molecule has 0 bridgehead atoms. The highest BCUT2D eigenvalue weighted by molar-refractivity contribution is 6.04. The number of nitrogens with zero attached hydrogens (tertiary/aromatic N) is 1. The SMILES string of the molecule is CCC(=CC(=O)c1cccnc1)CC. The van der Waals surface area contributed by atoms with Gasteiger partial charge in [0.15, 0.2) is 5.78 Å². The largest absolute Gasteiger partial charge is 0.289 e. The molecule has 14 heavy (non-hydrogen) atoms. The first kappa shape index (κ1) is 10.6. The molecule has 0 aliphatic rings. The number of pyridine rings is 1. The quantitative estimate of drug-likeness (QED) is 0.538. The molecule has 0 aliphatic heterocycles. The van der Waals surface area contributed by atoms with Crippen LogP contribution in [-0.4, -0.2) is 10.8 Å². The van der Waals surface area contributed by atoms with E-state index in [0.29, 0.717) is 5.56 Å². The van der Waals surface area contributed by atoms with Crippen molar-refractivity contribution in [3.63, 3.8) is 0 Å². The van der Waals surface area contributed by atoms with Crippen molar-refractivity contribution >= 4 is 5.78 Å². The Labute approximate surface area is 84.7 Å². The van der Waals surface area contributed by atoms with Crippen LogP contribution in [0.4, 0.5) is 0 Å². The van der Waals surface area contributed by atoms with Gasteiger partial charge in [-0.3, -0.25) is 9.78 Å². The Kier molecular flexibility index (Phi) is 4.05. The summed E-state index contributed by atoms with van der Waals surface area (Å²) < 4.78 is 0. The van der Waals surface area contributed by atoms with Crippen LogP contribution in [0.25, 0.3) is 0 Å². The molecule has 0 saturated heterocycles. The zero-order valence-electron chi connectivity index (χ0n) is 8.66. The number of rotatable bonds is 4. The van der Waals surface area contributed by atoms with Gasteiger partial charge >= 0.3 is 0 Å². The Bertz CT molecular complexity index is 321. The number of ketones is 1. The molecule has 0 N–H and O–H groups in total. The number of hydrogen-bond acceptors (Lipinski definition) is 2. The number of aromatic nitrogens is 1. The van der Waals surface area contributed by atoms with Crippen molar-refractivity contribution in [2.45, 2.75) is 26.7 Å². The van der Waals surface area contributed by atoms with E-state index in [1.807, 2.05) is 0 Å². The highest BCUT2D eigenvalue weighted by Gasteiger charge is 2.02. The van der Waals surface area contributed by atoms with E-state index in [1.54, 1.807) is 30.6 Å². The maximum absolute atomic E-state index is 11.7. The molecule has 0 unspecified atom stereocenters. The molecule has 0 spiro atoms. The molecule has 0 aliphatic carbocycles. The van der Waals surface area contributed by atoms with Gasteiger partial charge in [0.25, 0.3) is 0 Å². The van der Waals surface area contributed by atoms with E-state index in [4.69, 9.17) is 0 Å². The minimum atomic E-state index is 0.0526. The zero-order valence-corrected chi connectivity index (χ0v) is 8.66. The van der Waals surface area contributed by atoms with E-state index in [2.05, 4.69) is 18.8 Å². The molecule has 0 radical (unpaired) electrons. The third-order valence-corrected chi connectivity index (χ3v) is 2.19. The van der Waals surface area contributed by atoms with Gasteiger partial charge < -0.3 is 0 Å². The van der Waals surface area contributed by atoms with Crippen LogP contribution in [0.3, 0.4) is 0 Å². The summed E-state index contributed by atoms with van der Waals surface area (Å²) in [6.45, 7) is 4.12. The maximum Gasteiger partial charge on any atom is 0.187 e. The fourth-order valence-electron chi connectivity index (χ4n) is 1.23. The lowest BCUT2D eigenvalue weighted by molar-refractivity contribution is 0.104. The third-order valence-electron chi connectivity index (χ3n) is 2.19. The first-order chi connectivity index (χ1) is 6.77. The summed E-state index contributed by atoms with van der Waals surface area (Å²) in [4.78, 5) is 15.6. The van der Waals surface area contributed by atoms with Gasteiger partial charge in [0.05, 0.1) is 0 Å². The molecule has 1 aromatic rings. The van der Waals surface area contributed by atoms with Gasteiger partial charge in [0.2, 0.25) is 0 Å². The fourth-order valence-corrected chi connectivity index (χ4v) is 1.23. The van der Waals surface area contributed by atoms with Crippen LogP contribution in [-0.2, 0) is 0 Å². The Morgan fingerprint density at radius 3 is 2.64 bits per heavy atom. The average Bonchev–Trinajstić information content (AvgIpc) is 2.26. The molecular formula is C12H15NO. The molecule has 0 atom stereocenters. The Hall–Kier alpha value is -1.44. The van der Waals surface area contributed by atoms with E-state index in [1.165, 1.54) is 5.57 Å². The molecule has 0 fully saturated rings. The van der Waals surface area contributed by atoms with Gasteiger partial charge in [-0.25, -0.2) is 0 Å². The number of allylic oxidation sites excluding steroid dienone is 2. The summed E-state index contributed by atoms with van der Waals surface area (Å²) in [6, 6.07) is 3.56.